The maximum absolute atomic E-state index is 13.7. The second-order valence-corrected chi connectivity index (χ2v) is 6.29. The SMILES string of the molecule is CCC1(C(O)Cc2cc(Br)ccc2F)CCCC1. The highest BCUT2D eigenvalue weighted by Crippen LogP contribution is 2.44. The van der Waals surface area contributed by atoms with Gasteiger partial charge >= 0.3 is 0 Å². The zero-order valence-electron chi connectivity index (χ0n) is 10.8. The van der Waals surface area contributed by atoms with Crippen LogP contribution >= 0.6 is 15.9 Å². The molecule has 0 radical (unpaired) electrons. The van der Waals surface area contributed by atoms with Crippen LogP contribution in [0, 0.1) is 11.2 Å². The summed E-state index contributed by atoms with van der Waals surface area (Å²) in [6.45, 7) is 2.13. The highest BCUT2D eigenvalue weighted by Gasteiger charge is 2.38. The number of aliphatic hydroxyl groups is 1. The van der Waals surface area contributed by atoms with Gasteiger partial charge in [-0.1, -0.05) is 35.7 Å². The molecule has 1 aliphatic rings. The first-order valence-corrected chi connectivity index (χ1v) is 7.49. The molecule has 0 aliphatic heterocycles. The summed E-state index contributed by atoms with van der Waals surface area (Å²) in [5.41, 5.74) is 0.617. The summed E-state index contributed by atoms with van der Waals surface area (Å²) in [7, 11) is 0. The minimum absolute atomic E-state index is 0.00869. The zero-order valence-corrected chi connectivity index (χ0v) is 12.3. The van der Waals surface area contributed by atoms with E-state index in [9.17, 15) is 9.50 Å². The van der Waals surface area contributed by atoms with Crippen molar-refractivity contribution in [1.82, 2.24) is 0 Å². The van der Waals surface area contributed by atoms with Crippen LogP contribution in [-0.2, 0) is 6.42 Å². The zero-order chi connectivity index (χ0) is 13.2. The van der Waals surface area contributed by atoms with Gasteiger partial charge in [0.05, 0.1) is 6.10 Å². The van der Waals surface area contributed by atoms with E-state index < -0.39 is 6.10 Å². The number of halogens is 2. The molecule has 0 amide bonds. The predicted octanol–water partition coefficient (Wildman–Crippen LogP) is 4.46. The summed E-state index contributed by atoms with van der Waals surface area (Å²) in [6.07, 6.45) is 5.47. The van der Waals surface area contributed by atoms with Gasteiger partial charge in [0.2, 0.25) is 0 Å². The highest BCUT2D eigenvalue weighted by molar-refractivity contribution is 9.10. The Kier molecular flexibility index (Phi) is 4.44. The standard InChI is InChI=1S/C15H20BrFO/c1-2-15(7-3-4-8-15)14(18)10-11-9-12(16)5-6-13(11)17/h5-6,9,14,18H,2-4,7-8,10H2,1H3. The highest BCUT2D eigenvalue weighted by atomic mass is 79.9. The van der Waals surface area contributed by atoms with E-state index in [4.69, 9.17) is 0 Å². The van der Waals surface area contributed by atoms with E-state index in [1.165, 1.54) is 18.9 Å². The van der Waals surface area contributed by atoms with Gasteiger partial charge in [0, 0.05) is 10.9 Å². The minimum atomic E-state index is -0.436. The molecule has 0 spiro atoms. The monoisotopic (exact) mass is 314 g/mol. The number of rotatable bonds is 4. The summed E-state index contributed by atoms with van der Waals surface area (Å²) >= 11 is 3.35. The smallest absolute Gasteiger partial charge is 0.126 e. The van der Waals surface area contributed by atoms with Gasteiger partial charge in [-0.15, -0.1) is 0 Å². The van der Waals surface area contributed by atoms with Gasteiger partial charge in [0.25, 0.3) is 0 Å². The maximum atomic E-state index is 13.7. The normalized spacial score (nSPS) is 20.0. The summed E-state index contributed by atoms with van der Waals surface area (Å²) < 4.78 is 14.6. The molecule has 1 atom stereocenters. The van der Waals surface area contributed by atoms with Crippen molar-refractivity contribution in [3.8, 4) is 0 Å². The lowest BCUT2D eigenvalue weighted by Gasteiger charge is -2.33. The molecule has 1 fully saturated rings. The fraction of sp³-hybridized carbons (Fsp3) is 0.600. The third-order valence-electron chi connectivity index (χ3n) is 4.43. The van der Waals surface area contributed by atoms with Crippen molar-refractivity contribution in [1.29, 1.82) is 0 Å². The van der Waals surface area contributed by atoms with Gasteiger partial charge in [-0.2, -0.15) is 0 Å². The Balaban J connectivity index is 2.15. The van der Waals surface area contributed by atoms with Crippen LogP contribution in [-0.4, -0.2) is 11.2 Å². The molecule has 1 aliphatic carbocycles. The molecule has 0 bridgehead atoms. The van der Waals surface area contributed by atoms with Crippen LogP contribution in [0.4, 0.5) is 4.39 Å². The Morgan fingerprint density at radius 2 is 2.06 bits per heavy atom. The van der Waals surface area contributed by atoms with Gasteiger partial charge in [-0.25, -0.2) is 4.39 Å². The summed E-state index contributed by atoms with van der Waals surface area (Å²) in [5, 5.41) is 10.5. The second kappa shape index (κ2) is 5.70. The molecule has 0 saturated heterocycles. The van der Waals surface area contributed by atoms with Gasteiger partial charge in [-0.3, -0.25) is 0 Å². The summed E-state index contributed by atoms with van der Waals surface area (Å²) in [5.74, 6) is -0.221. The van der Waals surface area contributed by atoms with Crippen molar-refractivity contribution in [2.75, 3.05) is 0 Å². The van der Waals surface area contributed by atoms with Crippen molar-refractivity contribution in [2.45, 2.75) is 51.6 Å². The van der Waals surface area contributed by atoms with Crippen LogP contribution in [0.25, 0.3) is 0 Å². The predicted molar refractivity (Wildman–Crippen MR) is 75.0 cm³/mol. The Morgan fingerprint density at radius 1 is 1.39 bits per heavy atom. The first-order chi connectivity index (χ1) is 8.57. The quantitative estimate of drug-likeness (QED) is 0.869. The maximum Gasteiger partial charge on any atom is 0.126 e. The molecular weight excluding hydrogens is 295 g/mol. The van der Waals surface area contributed by atoms with Crippen molar-refractivity contribution >= 4 is 15.9 Å². The largest absolute Gasteiger partial charge is 0.392 e. The molecule has 1 nitrogen and oxygen atoms in total. The third-order valence-corrected chi connectivity index (χ3v) is 4.92. The lowest BCUT2D eigenvalue weighted by Crippen LogP contribution is -2.34. The molecule has 1 saturated carbocycles. The van der Waals surface area contributed by atoms with E-state index >= 15 is 0 Å². The molecule has 3 heteroatoms. The number of hydrogen-bond acceptors (Lipinski definition) is 1. The van der Waals surface area contributed by atoms with Gasteiger partial charge in [-0.05, 0) is 48.4 Å². The van der Waals surface area contributed by atoms with E-state index in [2.05, 4.69) is 22.9 Å². The Hall–Kier alpha value is -0.410. The summed E-state index contributed by atoms with van der Waals surface area (Å²) in [6, 6.07) is 4.92. The molecule has 2 rings (SSSR count). The van der Waals surface area contributed by atoms with Crippen LogP contribution in [0.2, 0.25) is 0 Å². The first-order valence-electron chi connectivity index (χ1n) is 6.69. The van der Waals surface area contributed by atoms with E-state index in [-0.39, 0.29) is 11.2 Å². The van der Waals surface area contributed by atoms with Crippen molar-refractivity contribution in [3.63, 3.8) is 0 Å². The average Bonchev–Trinajstić information content (AvgIpc) is 2.84. The van der Waals surface area contributed by atoms with Crippen LogP contribution in [0.3, 0.4) is 0 Å². The van der Waals surface area contributed by atoms with Crippen LogP contribution in [0.1, 0.15) is 44.6 Å². The molecule has 1 aromatic carbocycles. The topological polar surface area (TPSA) is 20.2 Å². The molecule has 1 unspecified atom stereocenters. The van der Waals surface area contributed by atoms with Crippen molar-refractivity contribution in [3.05, 3.63) is 34.1 Å². The molecule has 100 valence electrons. The number of hydrogen-bond donors (Lipinski definition) is 1. The fourth-order valence-corrected chi connectivity index (χ4v) is 3.53. The molecular formula is C15H20BrFO. The fourth-order valence-electron chi connectivity index (χ4n) is 3.13. The van der Waals surface area contributed by atoms with E-state index in [1.807, 2.05) is 0 Å². The molecule has 18 heavy (non-hydrogen) atoms. The number of aliphatic hydroxyl groups excluding tert-OH is 1. The second-order valence-electron chi connectivity index (χ2n) is 5.38. The molecule has 1 N–H and O–H groups in total. The van der Waals surface area contributed by atoms with Crippen molar-refractivity contribution < 1.29 is 9.50 Å². The van der Waals surface area contributed by atoms with Crippen LogP contribution in [0.15, 0.2) is 22.7 Å². The number of benzene rings is 1. The van der Waals surface area contributed by atoms with E-state index in [0.717, 1.165) is 23.7 Å². The Bertz CT molecular complexity index is 413. The third kappa shape index (κ3) is 2.77. The van der Waals surface area contributed by atoms with E-state index in [0.29, 0.717) is 12.0 Å². The molecule has 0 heterocycles. The summed E-state index contributed by atoms with van der Waals surface area (Å²) in [4.78, 5) is 0. The Labute approximate surface area is 117 Å². The molecule has 1 aromatic rings. The van der Waals surface area contributed by atoms with Crippen molar-refractivity contribution in [2.24, 2.45) is 5.41 Å². The Morgan fingerprint density at radius 3 is 2.67 bits per heavy atom. The molecule has 0 aromatic heterocycles. The van der Waals surface area contributed by atoms with E-state index in [1.54, 1.807) is 12.1 Å². The van der Waals surface area contributed by atoms with Gasteiger partial charge < -0.3 is 5.11 Å². The lowest BCUT2D eigenvalue weighted by molar-refractivity contribution is 0.0251. The van der Waals surface area contributed by atoms with Crippen LogP contribution in [0.5, 0.6) is 0 Å². The average molecular weight is 315 g/mol. The first kappa shape index (κ1) is 14.0. The van der Waals surface area contributed by atoms with Gasteiger partial charge in [0.1, 0.15) is 5.82 Å². The van der Waals surface area contributed by atoms with Crippen LogP contribution < -0.4 is 0 Å². The van der Waals surface area contributed by atoms with Gasteiger partial charge in [0.15, 0.2) is 0 Å². The lowest BCUT2D eigenvalue weighted by atomic mass is 9.76. The minimum Gasteiger partial charge on any atom is -0.392 e.